The Morgan fingerprint density at radius 1 is 0.976 bits per heavy atom. The van der Waals surface area contributed by atoms with Crippen molar-refractivity contribution in [2.24, 2.45) is 0 Å². The van der Waals surface area contributed by atoms with Crippen LogP contribution < -0.4 is 11.1 Å². The van der Waals surface area contributed by atoms with E-state index in [0.29, 0.717) is 16.2 Å². The number of thioether (sulfide) groups is 2. The van der Waals surface area contributed by atoms with Gasteiger partial charge in [0.25, 0.3) is 0 Å². The smallest absolute Gasteiger partial charge is 0.230 e. The van der Waals surface area contributed by atoms with Crippen LogP contribution in [0.15, 0.2) is 96.2 Å². The molecular formula is C33H32N4OS3. The zero-order chi connectivity index (χ0) is 28.2. The van der Waals surface area contributed by atoms with Crippen LogP contribution in [0, 0.1) is 0 Å². The molecule has 0 spiro atoms. The van der Waals surface area contributed by atoms with E-state index < -0.39 is 0 Å². The van der Waals surface area contributed by atoms with Gasteiger partial charge in [-0.1, -0.05) is 103 Å². The highest BCUT2D eigenvalue weighted by atomic mass is 32.2. The van der Waals surface area contributed by atoms with E-state index in [1.54, 1.807) is 11.3 Å². The average Bonchev–Trinajstić information content (AvgIpc) is 3.39. The third-order valence-corrected chi connectivity index (χ3v) is 11.1. The Balaban J connectivity index is 1.20. The Labute approximate surface area is 253 Å². The number of aryl methyl sites for hydroxylation is 1. The lowest BCUT2D eigenvalue weighted by Crippen LogP contribution is -2.34. The predicted molar refractivity (Wildman–Crippen MR) is 174 cm³/mol. The number of aromatic nitrogens is 2. The molecule has 3 aromatic carbocycles. The predicted octanol–water partition coefficient (Wildman–Crippen LogP) is 7.62. The van der Waals surface area contributed by atoms with Crippen LogP contribution in [-0.2, 0) is 17.6 Å². The van der Waals surface area contributed by atoms with Gasteiger partial charge in [-0.25, -0.2) is 9.97 Å². The molecule has 2 aromatic heterocycles. The Bertz CT molecular complexity index is 1630. The third kappa shape index (κ3) is 6.45. The van der Waals surface area contributed by atoms with Gasteiger partial charge in [0.2, 0.25) is 5.91 Å². The average molecular weight is 597 g/mol. The Morgan fingerprint density at radius 3 is 2.34 bits per heavy atom. The van der Waals surface area contributed by atoms with Crippen molar-refractivity contribution < 1.29 is 4.79 Å². The highest BCUT2D eigenvalue weighted by molar-refractivity contribution is 8.00. The number of nitrogens with zero attached hydrogens (tertiary/aromatic N) is 2. The fourth-order valence-corrected chi connectivity index (χ4v) is 9.03. The fraction of sp³-hybridized carbons (Fsp3) is 0.242. The summed E-state index contributed by atoms with van der Waals surface area (Å²) in [5.41, 5.74) is 11.7. The standard InChI is InChI=1S/C33H32N4OS3/c1-21(17-18-22-11-5-2-6-12-22)35-27(38)20-39-33-36-31(34)28-25-19-26(23-13-7-3-8-14-23)40-29(24-15-9-4-10-16-24)30(25)41-32(28)37-33/h2-16,21,26,29H,17-20H2,1H3,(H,35,38)(H2,34,36,37). The van der Waals surface area contributed by atoms with Crippen molar-refractivity contribution in [3.05, 3.63) is 118 Å². The molecule has 6 rings (SSSR count). The maximum Gasteiger partial charge on any atom is 0.230 e. The van der Waals surface area contributed by atoms with Gasteiger partial charge in [0.15, 0.2) is 5.16 Å². The molecule has 1 aliphatic heterocycles. The molecule has 1 amide bonds. The molecular weight excluding hydrogens is 565 g/mol. The molecule has 0 radical (unpaired) electrons. The van der Waals surface area contributed by atoms with E-state index in [1.165, 1.54) is 38.9 Å². The monoisotopic (exact) mass is 596 g/mol. The Morgan fingerprint density at radius 2 is 1.63 bits per heavy atom. The largest absolute Gasteiger partial charge is 0.383 e. The number of anilines is 1. The van der Waals surface area contributed by atoms with Crippen LogP contribution in [0.25, 0.3) is 10.2 Å². The molecule has 0 bridgehead atoms. The van der Waals surface area contributed by atoms with Gasteiger partial charge in [0.1, 0.15) is 10.6 Å². The molecule has 3 heterocycles. The first-order valence-corrected chi connectivity index (χ1v) is 16.6. The number of hydrogen-bond acceptors (Lipinski definition) is 7. The SMILES string of the molecule is CC(CCc1ccccc1)NC(=O)CSc1nc(N)c2c3c(sc2n1)C(c1ccccc1)SC(c1ccccc1)C3. The van der Waals surface area contributed by atoms with Gasteiger partial charge in [0.05, 0.1) is 16.4 Å². The van der Waals surface area contributed by atoms with E-state index in [4.69, 9.17) is 10.7 Å². The topological polar surface area (TPSA) is 80.9 Å². The molecule has 3 unspecified atom stereocenters. The molecule has 5 aromatic rings. The second-order valence-electron chi connectivity index (χ2n) is 10.3. The summed E-state index contributed by atoms with van der Waals surface area (Å²) in [6, 6.07) is 31.8. The summed E-state index contributed by atoms with van der Waals surface area (Å²) in [4.78, 5) is 24.4. The van der Waals surface area contributed by atoms with E-state index in [1.807, 2.05) is 36.9 Å². The van der Waals surface area contributed by atoms with Crippen molar-refractivity contribution >= 4 is 56.8 Å². The minimum Gasteiger partial charge on any atom is -0.383 e. The summed E-state index contributed by atoms with van der Waals surface area (Å²) in [6.45, 7) is 2.05. The number of benzene rings is 3. The van der Waals surface area contributed by atoms with Gasteiger partial charge in [-0.15, -0.1) is 23.1 Å². The van der Waals surface area contributed by atoms with Gasteiger partial charge < -0.3 is 11.1 Å². The lowest BCUT2D eigenvalue weighted by atomic mass is 9.98. The van der Waals surface area contributed by atoms with Crippen LogP contribution in [0.1, 0.15) is 51.0 Å². The highest BCUT2D eigenvalue weighted by Gasteiger charge is 2.34. The van der Waals surface area contributed by atoms with Crippen LogP contribution in [0.2, 0.25) is 0 Å². The number of hydrogen-bond donors (Lipinski definition) is 2. The summed E-state index contributed by atoms with van der Waals surface area (Å²) in [6.07, 6.45) is 2.71. The van der Waals surface area contributed by atoms with Gasteiger partial charge in [-0.2, -0.15) is 0 Å². The van der Waals surface area contributed by atoms with E-state index in [0.717, 1.165) is 29.5 Å². The summed E-state index contributed by atoms with van der Waals surface area (Å²) in [7, 11) is 0. The molecule has 3 atom stereocenters. The zero-order valence-corrected chi connectivity index (χ0v) is 25.3. The van der Waals surface area contributed by atoms with Crippen LogP contribution in [0.4, 0.5) is 5.82 Å². The summed E-state index contributed by atoms with van der Waals surface area (Å²) in [5.74, 6) is 0.733. The Hall–Kier alpha value is -3.33. The van der Waals surface area contributed by atoms with Crippen molar-refractivity contribution in [2.45, 2.75) is 47.9 Å². The van der Waals surface area contributed by atoms with Crippen molar-refractivity contribution in [3.8, 4) is 0 Å². The number of rotatable bonds is 9. The minimum atomic E-state index is -0.0189. The first-order valence-electron chi connectivity index (χ1n) is 13.9. The number of nitrogens with two attached hydrogens (primary N) is 1. The first kappa shape index (κ1) is 27.8. The van der Waals surface area contributed by atoms with Gasteiger partial charge in [-0.3, -0.25) is 4.79 Å². The number of carbonyl (C=O) groups excluding carboxylic acids is 1. The normalized spacial score (nSPS) is 17.2. The quantitative estimate of drug-likeness (QED) is 0.135. The fourth-order valence-electron chi connectivity index (χ4n) is 5.29. The molecule has 0 aliphatic carbocycles. The van der Waals surface area contributed by atoms with Gasteiger partial charge in [0, 0.05) is 16.2 Å². The number of nitrogen functional groups attached to an aromatic ring is 1. The molecule has 5 nitrogen and oxygen atoms in total. The number of carbonyl (C=O) groups is 1. The molecule has 0 fully saturated rings. The van der Waals surface area contributed by atoms with E-state index in [9.17, 15) is 4.79 Å². The highest BCUT2D eigenvalue weighted by Crippen LogP contribution is 2.55. The maximum absolute atomic E-state index is 12.7. The minimum absolute atomic E-state index is 0.0189. The number of amides is 1. The van der Waals surface area contributed by atoms with Crippen molar-refractivity contribution in [1.82, 2.24) is 15.3 Å². The number of fused-ring (bicyclic) bond motifs is 3. The summed E-state index contributed by atoms with van der Waals surface area (Å²) < 4.78 is 0. The summed E-state index contributed by atoms with van der Waals surface area (Å²) >= 11 is 5.04. The number of thiophene rings is 1. The third-order valence-electron chi connectivity index (χ3n) is 7.34. The molecule has 8 heteroatoms. The van der Waals surface area contributed by atoms with E-state index >= 15 is 0 Å². The second-order valence-corrected chi connectivity index (χ2v) is 13.6. The maximum atomic E-state index is 12.7. The molecule has 1 aliphatic rings. The van der Waals surface area contributed by atoms with Gasteiger partial charge in [-0.05, 0) is 48.4 Å². The zero-order valence-electron chi connectivity index (χ0n) is 22.8. The lowest BCUT2D eigenvalue weighted by molar-refractivity contribution is -0.119. The van der Waals surface area contributed by atoms with Crippen LogP contribution in [0.3, 0.4) is 0 Å². The molecule has 208 valence electrons. The molecule has 3 N–H and O–H groups in total. The van der Waals surface area contributed by atoms with Gasteiger partial charge >= 0.3 is 0 Å². The van der Waals surface area contributed by atoms with Crippen molar-refractivity contribution in [1.29, 1.82) is 0 Å². The molecule has 41 heavy (non-hydrogen) atoms. The Kier molecular flexibility index (Phi) is 8.60. The van der Waals surface area contributed by atoms with Crippen LogP contribution >= 0.6 is 34.9 Å². The van der Waals surface area contributed by atoms with E-state index in [-0.39, 0.29) is 23.0 Å². The first-order chi connectivity index (χ1) is 20.0. The second kappa shape index (κ2) is 12.7. The van der Waals surface area contributed by atoms with E-state index in [2.05, 4.69) is 83.1 Å². The lowest BCUT2D eigenvalue weighted by Gasteiger charge is -2.30. The summed E-state index contributed by atoms with van der Waals surface area (Å²) in [5, 5.41) is 5.13. The number of nitrogens with one attached hydrogen (secondary N) is 1. The van der Waals surface area contributed by atoms with Crippen molar-refractivity contribution in [3.63, 3.8) is 0 Å². The van der Waals surface area contributed by atoms with Crippen LogP contribution in [-0.4, -0.2) is 27.7 Å². The van der Waals surface area contributed by atoms with Crippen molar-refractivity contribution in [2.75, 3.05) is 11.5 Å². The molecule has 0 saturated heterocycles. The van der Waals surface area contributed by atoms with Crippen LogP contribution in [0.5, 0.6) is 0 Å². The molecule has 0 saturated carbocycles.